The standard InChI is InChI=1S/3C20H17N5O2/c3*1-25-3-2-14(26)8-18(25)12-4-11-7-19(23-10-16(11)17(22)6-12)24-20(27)15-5-13(15)9-21/h3*2-4,6-8,10,13,15H,5,22H2,1H3,(H,23,24,27)/t2*13-,15+;/m10./s1. The third-order valence-corrected chi connectivity index (χ3v) is 14.5. The summed E-state index contributed by atoms with van der Waals surface area (Å²) in [5.74, 6) is -0.729. The maximum absolute atomic E-state index is 12.2. The van der Waals surface area contributed by atoms with Crippen LogP contribution in [-0.4, -0.2) is 46.4 Å². The second-order valence-electron chi connectivity index (χ2n) is 20.3. The number of hydrogen-bond acceptors (Lipinski definition) is 15. The van der Waals surface area contributed by atoms with Gasteiger partial charge in [-0.15, -0.1) is 0 Å². The molecule has 0 bridgehead atoms. The molecule has 6 heterocycles. The summed E-state index contributed by atoms with van der Waals surface area (Å²) in [6.45, 7) is 0. The molecule has 3 aliphatic rings. The number of nitriles is 3. The van der Waals surface area contributed by atoms with Crippen molar-refractivity contribution in [2.24, 2.45) is 56.7 Å². The van der Waals surface area contributed by atoms with Gasteiger partial charge in [0, 0.05) is 145 Å². The fourth-order valence-corrected chi connectivity index (χ4v) is 9.56. The number of fused-ring (bicyclic) bond motifs is 3. The van der Waals surface area contributed by atoms with Crippen LogP contribution in [0.25, 0.3) is 66.1 Å². The number of hydrogen-bond donors (Lipinski definition) is 6. The molecule has 0 radical (unpaired) electrons. The number of carbonyl (C=O) groups is 3. The number of carbonyl (C=O) groups excluding carboxylic acids is 3. The molecule has 81 heavy (non-hydrogen) atoms. The summed E-state index contributed by atoms with van der Waals surface area (Å²) in [4.78, 5) is 84.4. The molecule has 2 unspecified atom stereocenters. The lowest BCUT2D eigenvalue weighted by atomic mass is 10.0. The zero-order valence-corrected chi connectivity index (χ0v) is 43.9. The average molecular weight is 1080 g/mol. The zero-order chi connectivity index (χ0) is 57.4. The van der Waals surface area contributed by atoms with Crippen LogP contribution in [0, 0.1) is 69.5 Å². The monoisotopic (exact) mass is 1080 g/mol. The summed E-state index contributed by atoms with van der Waals surface area (Å²) >= 11 is 0. The van der Waals surface area contributed by atoms with Gasteiger partial charge in [-0.25, -0.2) is 15.0 Å². The second-order valence-corrected chi connectivity index (χ2v) is 20.3. The molecule has 21 heteroatoms. The Kier molecular flexibility index (Phi) is 14.4. The van der Waals surface area contributed by atoms with Gasteiger partial charge in [0.15, 0.2) is 16.3 Å². The molecule has 3 aliphatic carbocycles. The number of aromatic nitrogens is 6. The van der Waals surface area contributed by atoms with Crippen LogP contribution >= 0.6 is 0 Å². The van der Waals surface area contributed by atoms with E-state index in [1.54, 1.807) is 91.8 Å². The number of nitrogens with one attached hydrogen (secondary N) is 3. The number of nitrogen functional groups attached to an aromatic ring is 3. The molecular weight excluding hydrogens is 1030 g/mol. The van der Waals surface area contributed by atoms with E-state index in [4.69, 9.17) is 33.0 Å². The van der Waals surface area contributed by atoms with Crippen LogP contribution in [0.3, 0.4) is 0 Å². The van der Waals surface area contributed by atoms with Crippen molar-refractivity contribution >= 4 is 84.6 Å². The largest absolute Gasteiger partial charge is 0.398 e. The van der Waals surface area contributed by atoms with Gasteiger partial charge >= 0.3 is 0 Å². The maximum atomic E-state index is 12.2. The van der Waals surface area contributed by atoms with Crippen molar-refractivity contribution in [1.82, 2.24) is 28.7 Å². The molecule has 0 aliphatic heterocycles. The molecule has 3 aromatic carbocycles. The molecule has 21 nitrogen and oxygen atoms in total. The number of pyridine rings is 6. The van der Waals surface area contributed by atoms with Crippen molar-refractivity contribution in [2.75, 3.05) is 33.2 Å². The minimum absolute atomic E-state index is 0.0825. The molecule has 9 N–H and O–H groups in total. The number of aryl methyl sites for hydroxylation is 3. The predicted molar refractivity (Wildman–Crippen MR) is 308 cm³/mol. The highest BCUT2D eigenvalue weighted by atomic mass is 16.2. The Bertz CT molecular complexity index is 3970. The fraction of sp³-hybridized carbons (Fsp3) is 0.200. The quantitative estimate of drug-likeness (QED) is 0.0806. The van der Waals surface area contributed by atoms with Crippen LogP contribution in [0.4, 0.5) is 34.5 Å². The van der Waals surface area contributed by atoms with E-state index in [1.165, 1.54) is 18.2 Å². The summed E-state index contributed by atoms with van der Waals surface area (Å²) in [7, 11) is 5.57. The Morgan fingerprint density at radius 2 is 0.728 bits per heavy atom. The maximum Gasteiger partial charge on any atom is 0.230 e. The highest BCUT2D eigenvalue weighted by Crippen LogP contribution is 2.41. The van der Waals surface area contributed by atoms with Crippen LogP contribution in [0.1, 0.15) is 19.3 Å². The van der Waals surface area contributed by atoms with E-state index in [9.17, 15) is 28.8 Å². The highest BCUT2D eigenvalue weighted by Gasteiger charge is 2.45. The van der Waals surface area contributed by atoms with Gasteiger partial charge < -0.3 is 46.9 Å². The van der Waals surface area contributed by atoms with Crippen LogP contribution in [0.15, 0.2) is 143 Å². The Hall–Kier alpha value is -11.0. The second kappa shape index (κ2) is 21.8. The highest BCUT2D eigenvalue weighted by molar-refractivity contribution is 6.03. The van der Waals surface area contributed by atoms with Crippen molar-refractivity contribution in [1.29, 1.82) is 15.8 Å². The minimum atomic E-state index is -0.261. The van der Waals surface area contributed by atoms with E-state index >= 15 is 0 Å². The normalized spacial score (nSPS) is 18.1. The molecule has 9 aromatic rings. The molecule has 0 saturated heterocycles. The first-order chi connectivity index (χ1) is 38.9. The first kappa shape index (κ1) is 53.4. The molecule has 0 spiro atoms. The van der Waals surface area contributed by atoms with E-state index in [0.29, 0.717) is 53.8 Å². The van der Waals surface area contributed by atoms with E-state index in [1.807, 2.05) is 53.0 Å². The number of nitrogens with two attached hydrogens (primary N) is 3. The SMILES string of the molecule is Cn1ccc(=O)cc1-c1cc(N)c2cnc(NC(=O)C3CC3C#N)cc2c1.Cn1ccc(=O)cc1-c1cc(N)c2cnc(NC(=O)[C@@H]3C[C@H]3C#N)cc2c1.Cn1ccc(=O)cc1-c1cc(N)c2cnc(NC(=O)[C@H]3C[C@@H]3C#N)cc2c1. The number of benzene rings is 3. The summed E-state index contributed by atoms with van der Waals surface area (Å²) in [5.41, 5.74) is 24.5. The summed E-state index contributed by atoms with van der Waals surface area (Å²) in [5, 5.41) is 39.6. The average Bonchev–Trinajstić information content (AvgIpc) is 4.49. The van der Waals surface area contributed by atoms with Gasteiger partial charge in [0.25, 0.3) is 0 Å². The lowest BCUT2D eigenvalue weighted by Gasteiger charge is -2.12. The molecule has 3 amide bonds. The topological polar surface area (TPSA) is 341 Å². The van der Waals surface area contributed by atoms with Crippen molar-refractivity contribution < 1.29 is 14.4 Å². The third-order valence-electron chi connectivity index (χ3n) is 14.5. The summed E-state index contributed by atoms with van der Waals surface area (Å²) < 4.78 is 5.54. The van der Waals surface area contributed by atoms with Gasteiger partial charge in [0.2, 0.25) is 17.7 Å². The number of rotatable bonds is 9. The lowest BCUT2D eigenvalue weighted by Crippen LogP contribution is -2.15. The Labute approximate surface area is 461 Å². The fourth-order valence-electron chi connectivity index (χ4n) is 9.56. The van der Waals surface area contributed by atoms with Crippen LogP contribution < -0.4 is 49.4 Å². The molecular formula is C60H51N15O6. The molecule has 3 fully saturated rings. The number of nitrogens with zero attached hydrogens (tertiary/aromatic N) is 9. The predicted octanol–water partition coefficient (Wildman–Crippen LogP) is 6.84. The molecule has 12 rings (SSSR count). The van der Waals surface area contributed by atoms with Crippen LogP contribution in [0.5, 0.6) is 0 Å². The Morgan fingerprint density at radius 1 is 0.457 bits per heavy atom. The van der Waals surface area contributed by atoms with Gasteiger partial charge in [-0.1, -0.05) is 0 Å². The third kappa shape index (κ3) is 11.7. The number of amides is 3. The van der Waals surface area contributed by atoms with Crippen LogP contribution in [0.2, 0.25) is 0 Å². The van der Waals surface area contributed by atoms with Gasteiger partial charge in [-0.3, -0.25) is 28.8 Å². The van der Waals surface area contributed by atoms with Crippen molar-refractivity contribution in [3.8, 4) is 52.0 Å². The smallest absolute Gasteiger partial charge is 0.230 e. The van der Waals surface area contributed by atoms with Crippen molar-refractivity contribution in [3.63, 3.8) is 0 Å². The Morgan fingerprint density at radius 3 is 0.975 bits per heavy atom. The first-order valence-electron chi connectivity index (χ1n) is 25.6. The van der Waals surface area contributed by atoms with Crippen molar-refractivity contribution in [3.05, 3.63) is 159 Å². The van der Waals surface area contributed by atoms with Gasteiger partial charge in [-0.05, 0) is 90.0 Å². The Balaban J connectivity index is 0.000000136. The molecule has 402 valence electrons. The van der Waals surface area contributed by atoms with E-state index in [-0.39, 0.29) is 69.5 Å². The van der Waals surface area contributed by atoms with Gasteiger partial charge in [-0.2, -0.15) is 15.8 Å². The molecule has 3 saturated carbocycles. The van der Waals surface area contributed by atoms with Crippen molar-refractivity contribution in [2.45, 2.75) is 19.3 Å². The van der Waals surface area contributed by atoms with E-state index in [2.05, 4.69) is 49.1 Å². The van der Waals surface area contributed by atoms with Crippen LogP contribution in [-0.2, 0) is 35.5 Å². The lowest BCUT2D eigenvalue weighted by molar-refractivity contribution is -0.118. The zero-order valence-electron chi connectivity index (χ0n) is 43.9. The summed E-state index contributed by atoms with van der Waals surface area (Å²) in [6, 6.07) is 31.9. The minimum Gasteiger partial charge on any atom is -0.398 e. The first-order valence-corrected chi connectivity index (χ1v) is 25.6. The number of anilines is 6. The van der Waals surface area contributed by atoms with Gasteiger partial charge in [0.1, 0.15) is 17.5 Å². The molecule has 6 aromatic heterocycles. The van der Waals surface area contributed by atoms with E-state index < -0.39 is 0 Å². The van der Waals surface area contributed by atoms with Gasteiger partial charge in [0.05, 0.1) is 70.8 Å². The molecule has 6 atom stereocenters. The van der Waals surface area contributed by atoms with E-state index in [0.717, 1.165) is 66.1 Å². The summed E-state index contributed by atoms with van der Waals surface area (Å²) in [6.07, 6.45) is 11.7.